The van der Waals surface area contributed by atoms with Crippen molar-refractivity contribution in [3.8, 4) is 11.4 Å². The Morgan fingerprint density at radius 1 is 1.00 bits per heavy atom. The van der Waals surface area contributed by atoms with Crippen molar-refractivity contribution in [2.24, 2.45) is 0 Å². The fourth-order valence-electron chi connectivity index (χ4n) is 2.51. The molecule has 0 radical (unpaired) electrons. The minimum absolute atomic E-state index is 0.131. The lowest BCUT2D eigenvalue weighted by molar-refractivity contribution is -0.128. The zero-order chi connectivity index (χ0) is 20.6. The molecule has 0 saturated carbocycles. The Bertz CT molecular complexity index is 974. The molecule has 0 aliphatic rings. The van der Waals surface area contributed by atoms with Crippen molar-refractivity contribution in [2.75, 3.05) is 0 Å². The van der Waals surface area contributed by atoms with E-state index >= 15 is 0 Å². The lowest BCUT2D eigenvalue weighted by atomic mass is 10.1. The van der Waals surface area contributed by atoms with Crippen LogP contribution < -0.4 is 10.9 Å². The SMILES string of the molecule is O=C(CCCc1nc(-c2ccc(F)cc2)no1)NNC(=O)Cc1ccc(Cl)cc1. The largest absolute Gasteiger partial charge is 0.339 e. The Morgan fingerprint density at radius 3 is 2.41 bits per heavy atom. The van der Waals surface area contributed by atoms with Crippen molar-refractivity contribution in [3.63, 3.8) is 0 Å². The zero-order valence-electron chi connectivity index (χ0n) is 15.3. The summed E-state index contributed by atoms with van der Waals surface area (Å²) in [6.07, 6.45) is 1.17. The molecule has 150 valence electrons. The standard InChI is InChI=1S/C20H18ClFN4O3/c21-15-8-4-13(5-9-15)12-18(28)25-24-17(27)2-1-3-19-23-20(26-29-19)14-6-10-16(22)11-7-14/h4-11H,1-3,12H2,(H,24,27)(H,25,28). The first-order valence-electron chi connectivity index (χ1n) is 8.90. The van der Waals surface area contributed by atoms with E-state index in [4.69, 9.17) is 16.1 Å². The monoisotopic (exact) mass is 416 g/mol. The number of hydrogen-bond donors (Lipinski definition) is 2. The molecule has 2 amide bonds. The fraction of sp³-hybridized carbons (Fsp3) is 0.200. The van der Waals surface area contributed by atoms with E-state index in [2.05, 4.69) is 21.0 Å². The van der Waals surface area contributed by atoms with Crippen LogP contribution in [0.25, 0.3) is 11.4 Å². The molecule has 9 heteroatoms. The van der Waals surface area contributed by atoms with Crippen molar-refractivity contribution >= 4 is 23.4 Å². The Morgan fingerprint density at radius 2 is 1.69 bits per heavy atom. The van der Waals surface area contributed by atoms with Crippen molar-refractivity contribution < 1.29 is 18.5 Å². The average molecular weight is 417 g/mol. The molecule has 0 bridgehead atoms. The van der Waals surface area contributed by atoms with Crippen molar-refractivity contribution in [3.05, 3.63) is 70.8 Å². The fourth-order valence-corrected chi connectivity index (χ4v) is 2.63. The molecule has 1 heterocycles. The molecule has 0 atom stereocenters. The number of carbonyl (C=O) groups excluding carboxylic acids is 2. The minimum atomic E-state index is -0.344. The van der Waals surface area contributed by atoms with Crippen molar-refractivity contribution in [1.29, 1.82) is 0 Å². The van der Waals surface area contributed by atoms with Crippen LogP contribution in [0.15, 0.2) is 53.1 Å². The van der Waals surface area contributed by atoms with Crippen LogP contribution in [-0.4, -0.2) is 22.0 Å². The summed E-state index contributed by atoms with van der Waals surface area (Å²) in [7, 11) is 0. The molecule has 3 rings (SSSR count). The maximum atomic E-state index is 13.0. The van der Waals surface area contributed by atoms with Gasteiger partial charge < -0.3 is 4.52 Å². The maximum absolute atomic E-state index is 13.0. The van der Waals surface area contributed by atoms with Gasteiger partial charge in [-0.15, -0.1) is 0 Å². The van der Waals surface area contributed by atoms with Gasteiger partial charge in [0.15, 0.2) is 0 Å². The van der Waals surface area contributed by atoms with Crippen molar-refractivity contribution in [1.82, 2.24) is 21.0 Å². The van der Waals surface area contributed by atoms with E-state index in [-0.39, 0.29) is 30.5 Å². The number of aromatic nitrogens is 2. The molecule has 29 heavy (non-hydrogen) atoms. The van der Waals surface area contributed by atoms with E-state index in [0.29, 0.717) is 35.1 Å². The van der Waals surface area contributed by atoms with Gasteiger partial charge in [0.2, 0.25) is 23.5 Å². The molecule has 0 unspecified atom stereocenters. The summed E-state index contributed by atoms with van der Waals surface area (Å²) in [5, 5.41) is 4.44. The number of halogens is 2. The van der Waals surface area contributed by atoms with E-state index in [9.17, 15) is 14.0 Å². The smallest absolute Gasteiger partial charge is 0.242 e. The van der Waals surface area contributed by atoms with Crippen LogP contribution >= 0.6 is 11.6 Å². The Balaban J connectivity index is 1.37. The second-order valence-corrected chi connectivity index (χ2v) is 6.71. The summed E-state index contributed by atoms with van der Waals surface area (Å²) in [6.45, 7) is 0. The molecule has 0 spiro atoms. The molecule has 0 fully saturated rings. The summed E-state index contributed by atoms with van der Waals surface area (Å²) < 4.78 is 18.1. The summed E-state index contributed by atoms with van der Waals surface area (Å²) in [4.78, 5) is 27.9. The highest BCUT2D eigenvalue weighted by molar-refractivity contribution is 6.30. The van der Waals surface area contributed by atoms with Gasteiger partial charge in [-0.3, -0.25) is 20.4 Å². The van der Waals surface area contributed by atoms with E-state index in [1.165, 1.54) is 12.1 Å². The van der Waals surface area contributed by atoms with Crippen LogP contribution in [0.2, 0.25) is 5.02 Å². The Hall–Kier alpha value is -3.26. The van der Waals surface area contributed by atoms with Gasteiger partial charge in [-0.2, -0.15) is 4.98 Å². The van der Waals surface area contributed by atoms with Crippen LogP contribution in [0.4, 0.5) is 4.39 Å². The molecule has 7 nitrogen and oxygen atoms in total. The number of amides is 2. The third-order valence-corrected chi connectivity index (χ3v) is 4.24. The number of hydrogen-bond acceptors (Lipinski definition) is 5. The van der Waals surface area contributed by atoms with Crippen molar-refractivity contribution in [2.45, 2.75) is 25.7 Å². The van der Waals surface area contributed by atoms with Gasteiger partial charge in [-0.25, -0.2) is 4.39 Å². The van der Waals surface area contributed by atoms with Gasteiger partial charge in [0.05, 0.1) is 6.42 Å². The third kappa shape index (κ3) is 6.39. The average Bonchev–Trinajstić information content (AvgIpc) is 3.18. The summed E-state index contributed by atoms with van der Waals surface area (Å²) in [5.41, 5.74) is 6.17. The van der Waals surface area contributed by atoms with E-state index in [0.717, 1.165) is 5.56 Å². The highest BCUT2D eigenvalue weighted by atomic mass is 35.5. The van der Waals surface area contributed by atoms with Crippen LogP contribution in [0.1, 0.15) is 24.3 Å². The second-order valence-electron chi connectivity index (χ2n) is 6.27. The highest BCUT2D eigenvalue weighted by Gasteiger charge is 2.10. The third-order valence-electron chi connectivity index (χ3n) is 3.98. The molecule has 0 aliphatic carbocycles. The first-order chi connectivity index (χ1) is 14.0. The molecule has 1 aromatic heterocycles. The van der Waals surface area contributed by atoms with Crippen LogP contribution in [-0.2, 0) is 22.4 Å². The number of carbonyl (C=O) groups is 2. The minimum Gasteiger partial charge on any atom is -0.339 e. The lowest BCUT2D eigenvalue weighted by Crippen LogP contribution is -2.42. The quantitative estimate of drug-likeness (QED) is 0.576. The Labute approximate surface area is 171 Å². The summed E-state index contributed by atoms with van der Waals surface area (Å²) in [5.74, 6) is -0.263. The van der Waals surface area contributed by atoms with Crippen LogP contribution in [0, 0.1) is 5.82 Å². The van der Waals surface area contributed by atoms with E-state index in [1.807, 2.05) is 0 Å². The number of rotatable bonds is 7. The highest BCUT2D eigenvalue weighted by Crippen LogP contribution is 2.16. The number of nitrogens with one attached hydrogen (secondary N) is 2. The first kappa shape index (κ1) is 20.5. The predicted molar refractivity (Wildman–Crippen MR) is 104 cm³/mol. The van der Waals surface area contributed by atoms with E-state index in [1.54, 1.807) is 36.4 Å². The predicted octanol–water partition coefficient (Wildman–Crippen LogP) is 3.24. The number of benzene rings is 2. The normalized spacial score (nSPS) is 10.6. The zero-order valence-corrected chi connectivity index (χ0v) is 16.1. The topological polar surface area (TPSA) is 97.1 Å². The summed E-state index contributed by atoms with van der Waals surface area (Å²) >= 11 is 5.80. The number of nitrogens with zero attached hydrogens (tertiary/aromatic N) is 2. The Kier molecular flexibility index (Phi) is 6.91. The maximum Gasteiger partial charge on any atom is 0.242 e. The molecule has 3 aromatic rings. The van der Waals surface area contributed by atoms with Gasteiger partial charge in [-0.1, -0.05) is 28.9 Å². The van der Waals surface area contributed by atoms with Gasteiger partial charge in [-0.05, 0) is 48.4 Å². The van der Waals surface area contributed by atoms with Gasteiger partial charge >= 0.3 is 0 Å². The summed E-state index contributed by atoms with van der Waals surface area (Å²) in [6, 6.07) is 12.6. The second kappa shape index (κ2) is 9.79. The van der Waals surface area contributed by atoms with Crippen LogP contribution in [0.5, 0.6) is 0 Å². The molecular formula is C20H18ClFN4O3. The van der Waals surface area contributed by atoms with Gasteiger partial charge in [0.1, 0.15) is 5.82 Å². The van der Waals surface area contributed by atoms with Crippen LogP contribution in [0.3, 0.4) is 0 Å². The first-order valence-corrected chi connectivity index (χ1v) is 9.28. The molecule has 0 aliphatic heterocycles. The molecule has 0 saturated heterocycles. The number of aryl methyl sites for hydroxylation is 1. The molecule has 2 aromatic carbocycles. The lowest BCUT2D eigenvalue weighted by Gasteiger charge is -2.07. The number of hydrazine groups is 1. The van der Waals surface area contributed by atoms with Gasteiger partial charge in [0, 0.05) is 23.4 Å². The van der Waals surface area contributed by atoms with E-state index < -0.39 is 0 Å². The molecule has 2 N–H and O–H groups in total. The van der Waals surface area contributed by atoms with Gasteiger partial charge in [0.25, 0.3) is 0 Å². The molecular weight excluding hydrogens is 399 g/mol.